The van der Waals surface area contributed by atoms with Gasteiger partial charge in [0.25, 0.3) is 0 Å². The molecular formula is C9H18N2O2S. The molecule has 0 amide bonds. The summed E-state index contributed by atoms with van der Waals surface area (Å²) in [4.78, 5) is 0. The fraction of sp³-hybridized carbons (Fsp3) is 0.778. The first-order chi connectivity index (χ1) is 6.44. The molecule has 0 bridgehead atoms. The van der Waals surface area contributed by atoms with E-state index in [4.69, 9.17) is 5.84 Å². The van der Waals surface area contributed by atoms with Gasteiger partial charge in [-0.2, -0.15) is 0 Å². The number of hydrogen-bond donors (Lipinski definition) is 2. The predicted molar refractivity (Wildman–Crippen MR) is 57.3 cm³/mol. The third kappa shape index (κ3) is 3.08. The Hall–Kier alpha value is -0.390. The van der Waals surface area contributed by atoms with Crippen molar-refractivity contribution in [3.05, 3.63) is 12.2 Å². The van der Waals surface area contributed by atoms with Gasteiger partial charge in [-0.1, -0.05) is 5.57 Å². The van der Waals surface area contributed by atoms with Crippen molar-refractivity contribution in [1.29, 1.82) is 0 Å². The van der Waals surface area contributed by atoms with Gasteiger partial charge in [-0.25, -0.2) is 8.42 Å². The lowest BCUT2D eigenvalue weighted by molar-refractivity contribution is 0.384. The summed E-state index contributed by atoms with van der Waals surface area (Å²) in [5.41, 5.74) is 3.71. The van der Waals surface area contributed by atoms with Crippen LogP contribution in [0.3, 0.4) is 0 Å². The third-order valence-electron chi connectivity index (χ3n) is 2.62. The molecule has 0 aromatic heterocycles. The number of nitrogens with one attached hydrogen (secondary N) is 1. The van der Waals surface area contributed by atoms with E-state index in [0.717, 1.165) is 12.0 Å². The van der Waals surface area contributed by atoms with Gasteiger partial charge in [0.05, 0.1) is 11.5 Å². The molecule has 2 atom stereocenters. The molecule has 1 aliphatic rings. The van der Waals surface area contributed by atoms with E-state index >= 15 is 0 Å². The van der Waals surface area contributed by atoms with E-state index in [9.17, 15) is 8.42 Å². The van der Waals surface area contributed by atoms with E-state index in [2.05, 4.69) is 12.0 Å². The van der Waals surface area contributed by atoms with E-state index < -0.39 is 9.84 Å². The Morgan fingerprint density at radius 3 is 2.71 bits per heavy atom. The summed E-state index contributed by atoms with van der Waals surface area (Å²) in [5, 5.41) is 0. The molecule has 0 radical (unpaired) electrons. The predicted octanol–water partition coefficient (Wildman–Crippen LogP) is 0.219. The van der Waals surface area contributed by atoms with Gasteiger partial charge >= 0.3 is 0 Å². The monoisotopic (exact) mass is 218 g/mol. The Kier molecular flexibility index (Phi) is 3.69. The molecular weight excluding hydrogens is 200 g/mol. The van der Waals surface area contributed by atoms with Crippen molar-refractivity contribution >= 4 is 9.84 Å². The number of nitrogens with two attached hydrogens (primary N) is 1. The normalized spacial score (nSPS) is 27.4. The minimum Gasteiger partial charge on any atom is -0.271 e. The van der Waals surface area contributed by atoms with Crippen molar-refractivity contribution < 1.29 is 8.42 Å². The van der Waals surface area contributed by atoms with Crippen molar-refractivity contribution in [3.63, 3.8) is 0 Å². The zero-order valence-electron chi connectivity index (χ0n) is 8.49. The van der Waals surface area contributed by atoms with E-state index in [1.54, 1.807) is 0 Å². The summed E-state index contributed by atoms with van der Waals surface area (Å²) in [6.45, 7) is 5.73. The number of sulfone groups is 1. The quantitative estimate of drug-likeness (QED) is 0.402. The molecule has 0 aromatic rings. The second-order valence-corrected chi connectivity index (χ2v) is 6.33. The molecule has 14 heavy (non-hydrogen) atoms. The fourth-order valence-corrected chi connectivity index (χ4v) is 3.76. The molecule has 1 rings (SSSR count). The van der Waals surface area contributed by atoms with Crippen molar-refractivity contribution in [2.45, 2.75) is 25.8 Å². The van der Waals surface area contributed by atoms with Crippen molar-refractivity contribution in [1.82, 2.24) is 5.43 Å². The summed E-state index contributed by atoms with van der Waals surface area (Å²) in [6.07, 6.45) is 1.46. The van der Waals surface area contributed by atoms with Gasteiger partial charge in [-0.05, 0) is 25.7 Å². The first-order valence-corrected chi connectivity index (χ1v) is 6.57. The SMILES string of the molecule is C=C(C)CC(NN)C1CCS(=O)(=O)C1. The summed E-state index contributed by atoms with van der Waals surface area (Å²) in [6, 6.07) is 0.0461. The molecule has 1 heterocycles. The highest BCUT2D eigenvalue weighted by Gasteiger charge is 2.32. The van der Waals surface area contributed by atoms with Crippen molar-refractivity contribution in [2.75, 3.05) is 11.5 Å². The average Bonchev–Trinajstić information content (AvgIpc) is 2.41. The Bertz CT molecular complexity index is 311. The molecule has 82 valence electrons. The summed E-state index contributed by atoms with van der Waals surface area (Å²) < 4.78 is 22.5. The molecule has 0 saturated carbocycles. The van der Waals surface area contributed by atoms with Crippen LogP contribution in [-0.4, -0.2) is 26.0 Å². The molecule has 1 aliphatic heterocycles. The smallest absolute Gasteiger partial charge is 0.150 e. The topological polar surface area (TPSA) is 72.2 Å². The van der Waals surface area contributed by atoms with Crippen molar-refractivity contribution in [3.8, 4) is 0 Å². The lowest BCUT2D eigenvalue weighted by Crippen LogP contribution is -2.41. The third-order valence-corrected chi connectivity index (χ3v) is 4.41. The van der Waals surface area contributed by atoms with Gasteiger partial charge in [0.15, 0.2) is 9.84 Å². The first kappa shape index (κ1) is 11.7. The van der Waals surface area contributed by atoms with E-state index in [0.29, 0.717) is 12.2 Å². The molecule has 0 aliphatic carbocycles. The Balaban J connectivity index is 2.59. The number of hydrogen-bond acceptors (Lipinski definition) is 4. The van der Waals surface area contributed by atoms with Crippen LogP contribution in [0.25, 0.3) is 0 Å². The molecule has 1 fully saturated rings. The Morgan fingerprint density at radius 1 is 1.71 bits per heavy atom. The van der Waals surface area contributed by atoms with Gasteiger partial charge in [0.1, 0.15) is 0 Å². The number of hydrazine groups is 1. The standard InChI is InChI=1S/C9H18N2O2S/c1-7(2)5-9(11-10)8-3-4-14(12,13)6-8/h8-9,11H,1,3-6,10H2,2H3. The Morgan fingerprint density at radius 2 is 2.36 bits per heavy atom. The Labute approximate surface area is 85.4 Å². The molecule has 4 nitrogen and oxygen atoms in total. The minimum atomic E-state index is -2.81. The second-order valence-electron chi connectivity index (χ2n) is 4.10. The summed E-state index contributed by atoms with van der Waals surface area (Å²) in [5.74, 6) is 6.10. The van der Waals surface area contributed by atoms with Gasteiger partial charge in [0, 0.05) is 6.04 Å². The maximum absolute atomic E-state index is 11.3. The van der Waals surface area contributed by atoms with Gasteiger partial charge in [-0.15, -0.1) is 6.58 Å². The highest BCUT2D eigenvalue weighted by atomic mass is 32.2. The van der Waals surface area contributed by atoms with Crippen LogP contribution >= 0.6 is 0 Å². The lowest BCUT2D eigenvalue weighted by Gasteiger charge is -2.21. The van der Waals surface area contributed by atoms with E-state index in [-0.39, 0.29) is 17.7 Å². The van der Waals surface area contributed by atoms with E-state index in [1.165, 1.54) is 0 Å². The highest BCUT2D eigenvalue weighted by Crippen LogP contribution is 2.24. The maximum Gasteiger partial charge on any atom is 0.150 e. The van der Waals surface area contributed by atoms with Crippen LogP contribution in [0.2, 0.25) is 0 Å². The number of rotatable bonds is 4. The van der Waals surface area contributed by atoms with Crippen LogP contribution in [0, 0.1) is 5.92 Å². The molecule has 0 spiro atoms. The molecule has 2 unspecified atom stereocenters. The first-order valence-electron chi connectivity index (χ1n) is 4.75. The summed E-state index contributed by atoms with van der Waals surface area (Å²) in [7, 11) is -2.81. The average molecular weight is 218 g/mol. The largest absolute Gasteiger partial charge is 0.271 e. The van der Waals surface area contributed by atoms with Crippen LogP contribution in [0.5, 0.6) is 0 Å². The van der Waals surface area contributed by atoms with Gasteiger partial charge in [-0.3, -0.25) is 11.3 Å². The molecule has 3 N–H and O–H groups in total. The van der Waals surface area contributed by atoms with Gasteiger partial charge < -0.3 is 0 Å². The maximum atomic E-state index is 11.3. The second kappa shape index (κ2) is 4.42. The van der Waals surface area contributed by atoms with E-state index in [1.807, 2.05) is 6.92 Å². The van der Waals surface area contributed by atoms with Crippen LogP contribution in [0.15, 0.2) is 12.2 Å². The summed E-state index contributed by atoms with van der Waals surface area (Å²) >= 11 is 0. The van der Waals surface area contributed by atoms with Crippen LogP contribution in [0.4, 0.5) is 0 Å². The van der Waals surface area contributed by atoms with Crippen LogP contribution in [0.1, 0.15) is 19.8 Å². The van der Waals surface area contributed by atoms with Gasteiger partial charge in [0.2, 0.25) is 0 Å². The fourth-order valence-electron chi connectivity index (χ4n) is 1.88. The van der Waals surface area contributed by atoms with Crippen LogP contribution < -0.4 is 11.3 Å². The molecule has 0 aromatic carbocycles. The molecule has 5 heteroatoms. The lowest BCUT2D eigenvalue weighted by atomic mass is 9.94. The minimum absolute atomic E-state index is 0.0461. The van der Waals surface area contributed by atoms with Crippen LogP contribution in [-0.2, 0) is 9.84 Å². The zero-order chi connectivity index (χ0) is 10.8. The highest BCUT2D eigenvalue weighted by molar-refractivity contribution is 7.91. The van der Waals surface area contributed by atoms with Crippen molar-refractivity contribution in [2.24, 2.45) is 11.8 Å². The zero-order valence-corrected chi connectivity index (χ0v) is 9.31. The molecule has 1 saturated heterocycles.